The van der Waals surface area contributed by atoms with Gasteiger partial charge in [0, 0.05) is 22.3 Å². The first-order valence-corrected chi connectivity index (χ1v) is 5.47. The van der Waals surface area contributed by atoms with Gasteiger partial charge in [0.25, 0.3) is 0 Å². The van der Waals surface area contributed by atoms with Crippen LogP contribution in [-0.2, 0) is 0 Å². The Morgan fingerprint density at radius 1 is 1.43 bits per heavy atom. The van der Waals surface area contributed by atoms with Crippen molar-refractivity contribution in [2.45, 2.75) is 25.8 Å². The van der Waals surface area contributed by atoms with Crippen molar-refractivity contribution in [2.75, 3.05) is 11.9 Å². The van der Waals surface area contributed by atoms with Crippen LogP contribution < -0.4 is 5.32 Å². The monoisotopic (exact) mass is 257 g/mol. The molecule has 14 heavy (non-hydrogen) atoms. The van der Waals surface area contributed by atoms with E-state index >= 15 is 0 Å². The Morgan fingerprint density at radius 2 is 2.14 bits per heavy atom. The van der Waals surface area contributed by atoms with Gasteiger partial charge in [0.15, 0.2) is 0 Å². The van der Waals surface area contributed by atoms with Crippen molar-refractivity contribution in [2.24, 2.45) is 0 Å². The van der Waals surface area contributed by atoms with Crippen LogP contribution in [0.25, 0.3) is 0 Å². The molecular weight excluding hydrogens is 242 g/mol. The third kappa shape index (κ3) is 3.68. The van der Waals surface area contributed by atoms with Crippen molar-refractivity contribution in [1.29, 1.82) is 0 Å². The highest BCUT2D eigenvalue weighted by Gasteiger charge is 2.16. The molecule has 0 radical (unpaired) electrons. The van der Waals surface area contributed by atoms with Gasteiger partial charge >= 0.3 is 0 Å². The summed E-state index contributed by atoms with van der Waals surface area (Å²) in [5, 5.41) is 12.3. The number of nitrogens with one attached hydrogen (secondary N) is 1. The number of benzene rings is 1. The van der Waals surface area contributed by atoms with E-state index in [4.69, 9.17) is 5.11 Å². The van der Waals surface area contributed by atoms with Crippen molar-refractivity contribution in [3.63, 3.8) is 0 Å². The number of aliphatic hydroxyl groups is 1. The van der Waals surface area contributed by atoms with E-state index in [1.54, 1.807) is 0 Å². The molecule has 0 atom stereocenters. The molecule has 0 aliphatic rings. The fourth-order valence-electron chi connectivity index (χ4n) is 1.30. The molecule has 0 amide bonds. The van der Waals surface area contributed by atoms with E-state index in [1.165, 1.54) is 0 Å². The summed E-state index contributed by atoms with van der Waals surface area (Å²) in [7, 11) is 0. The van der Waals surface area contributed by atoms with Gasteiger partial charge in [-0.2, -0.15) is 0 Å². The minimum atomic E-state index is -0.0739. The zero-order chi connectivity index (χ0) is 10.6. The van der Waals surface area contributed by atoms with E-state index in [9.17, 15) is 0 Å². The third-order valence-electron chi connectivity index (χ3n) is 2.04. The molecule has 0 fully saturated rings. The SMILES string of the molecule is CC(C)(CCO)Nc1cccc(Br)c1. The second-order valence-electron chi connectivity index (χ2n) is 3.99. The molecule has 78 valence electrons. The van der Waals surface area contributed by atoms with Gasteiger partial charge in [-0.1, -0.05) is 22.0 Å². The van der Waals surface area contributed by atoms with Crippen molar-refractivity contribution in [1.82, 2.24) is 0 Å². The minimum absolute atomic E-state index is 0.0739. The number of halogens is 1. The normalized spacial score (nSPS) is 11.4. The molecule has 0 aliphatic heterocycles. The average molecular weight is 258 g/mol. The molecule has 3 heteroatoms. The fourth-order valence-corrected chi connectivity index (χ4v) is 1.70. The highest BCUT2D eigenvalue weighted by Crippen LogP contribution is 2.21. The number of hydrogen-bond acceptors (Lipinski definition) is 2. The molecule has 0 bridgehead atoms. The quantitative estimate of drug-likeness (QED) is 0.870. The van der Waals surface area contributed by atoms with Crippen LogP contribution in [0.5, 0.6) is 0 Å². The Kier molecular flexibility index (Phi) is 3.96. The third-order valence-corrected chi connectivity index (χ3v) is 2.54. The minimum Gasteiger partial charge on any atom is -0.396 e. The van der Waals surface area contributed by atoms with Gasteiger partial charge in [0.1, 0.15) is 0 Å². The first kappa shape index (κ1) is 11.5. The van der Waals surface area contributed by atoms with E-state index in [1.807, 2.05) is 24.3 Å². The van der Waals surface area contributed by atoms with Gasteiger partial charge < -0.3 is 10.4 Å². The topological polar surface area (TPSA) is 32.3 Å². The van der Waals surface area contributed by atoms with Crippen molar-refractivity contribution < 1.29 is 5.11 Å². The summed E-state index contributed by atoms with van der Waals surface area (Å²) in [4.78, 5) is 0. The number of hydrogen-bond donors (Lipinski definition) is 2. The number of aliphatic hydroxyl groups excluding tert-OH is 1. The molecule has 0 unspecified atom stereocenters. The van der Waals surface area contributed by atoms with Crippen LogP contribution in [0.3, 0.4) is 0 Å². The lowest BCUT2D eigenvalue weighted by Gasteiger charge is -2.26. The zero-order valence-electron chi connectivity index (χ0n) is 8.55. The molecule has 0 aromatic heterocycles. The summed E-state index contributed by atoms with van der Waals surface area (Å²) in [5.41, 5.74) is 0.994. The molecule has 0 spiro atoms. The smallest absolute Gasteiger partial charge is 0.0453 e. The second-order valence-corrected chi connectivity index (χ2v) is 4.91. The summed E-state index contributed by atoms with van der Waals surface area (Å²) in [6.45, 7) is 4.35. The van der Waals surface area contributed by atoms with Crippen LogP contribution in [0.2, 0.25) is 0 Å². The van der Waals surface area contributed by atoms with E-state index in [2.05, 4.69) is 35.1 Å². The van der Waals surface area contributed by atoms with Gasteiger partial charge in [-0.25, -0.2) is 0 Å². The molecule has 2 nitrogen and oxygen atoms in total. The summed E-state index contributed by atoms with van der Waals surface area (Å²) in [6.07, 6.45) is 0.736. The van der Waals surface area contributed by atoms with Crippen LogP contribution in [0.15, 0.2) is 28.7 Å². The van der Waals surface area contributed by atoms with Gasteiger partial charge in [0.05, 0.1) is 0 Å². The second kappa shape index (κ2) is 4.80. The van der Waals surface area contributed by atoms with Crippen LogP contribution in [-0.4, -0.2) is 17.3 Å². The molecule has 1 aromatic carbocycles. The molecule has 1 rings (SSSR count). The molecular formula is C11H16BrNO. The van der Waals surface area contributed by atoms with Crippen molar-refractivity contribution in [3.8, 4) is 0 Å². The first-order chi connectivity index (χ1) is 6.53. The Bertz CT molecular complexity index is 299. The lowest BCUT2D eigenvalue weighted by atomic mass is 10.0. The Hall–Kier alpha value is -0.540. The maximum absolute atomic E-state index is 8.89. The average Bonchev–Trinajstić information content (AvgIpc) is 2.02. The molecule has 0 saturated carbocycles. The summed E-state index contributed by atoms with van der Waals surface area (Å²) >= 11 is 3.42. The molecule has 1 aromatic rings. The molecule has 0 saturated heterocycles. The van der Waals surface area contributed by atoms with E-state index in [0.717, 1.165) is 16.6 Å². The highest BCUT2D eigenvalue weighted by molar-refractivity contribution is 9.10. The molecule has 2 N–H and O–H groups in total. The lowest BCUT2D eigenvalue weighted by molar-refractivity contribution is 0.261. The summed E-state index contributed by atoms with van der Waals surface area (Å²) in [5.74, 6) is 0. The van der Waals surface area contributed by atoms with E-state index in [-0.39, 0.29) is 12.1 Å². The van der Waals surface area contributed by atoms with Crippen molar-refractivity contribution in [3.05, 3.63) is 28.7 Å². The van der Waals surface area contributed by atoms with Crippen LogP contribution in [0, 0.1) is 0 Å². The highest BCUT2D eigenvalue weighted by atomic mass is 79.9. The summed E-state index contributed by atoms with van der Waals surface area (Å²) < 4.78 is 1.06. The number of rotatable bonds is 4. The van der Waals surface area contributed by atoms with Crippen molar-refractivity contribution >= 4 is 21.6 Å². The predicted molar refractivity (Wildman–Crippen MR) is 63.5 cm³/mol. The Morgan fingerprint density at radius 3 is 2.71 bits per heavy atom. The lowest BCUT2D eigenvalue weighted by Crippen LogP contribution is -2.31. The van der Waals surface area contributed by atoms with Crippen LogP contribution >= 0.6 is 15.9 Å². The standard InChI is InChI=1S/C11H16BrNO/c1-11(2,6-7-14)13-10-5-3-4-9(12)8-10/h3-5,8,13-14H,6-7H2,1-2H3. The fraction of sp³-hybridized carbons (Fsp3) is 0.455. The molecule has 0 aliphatic carbocycles. The maximum Gasteiger partial charge on any atom is 0.0453 e. The van der Waals surface area contributed by atoms with E-state index < -0.39 is 0 Å². The number of anilines is 1. The van der Waals surface area contributed by atoms with Crippen LogP contribution in [0.4, 0.5) is 5.69 Å². The Labute approximate surface area is 93.5 Å². The van der Waals surface area contributed by atoms with Gasteiger partial charge in [-0.15, -0.1) is 0 Å². The van der Waals surface area contributed by atoms with Crippen LogP contribution in [0.1, 0.15) is 20.3 Å². The van der Waals surface area contributed by atoms with Gasteiger partial charge in [0.2, 0.25) is 0 Å². The van der Waals surface area contributed by atoms with E-state index in [0.29, 0.717) is 0 Å². The largest absolute Gasteiger partial charge is 0.396 e. The first-order valence-electron chi connectivity index (χ1n) is 4.68. The Balaban J connectivity index is 2.68. The maximum atomic E-state index is 8.89. The zero-order valence-corrected chi connectivity index (χ0v) is 10.1. The predicted octanol–water partition coefficient (Wildman–Crippen LogP) is 3.02. The van der Waals surface area contributed by atoms with Gasteiger partial charge in [-0.3, -0.25) is 0 Å². The summed E-state index contributed by atoms with van der Waals surface area (Å²) in [6, 6.07) is 8.02. The molecule has 0 heterocycles. The van der Waals surface area contributed by atoms with Gasteiger partial charge in [-0.05, 0) is 38.5 Å².